The van der Waals surface area contributed by atoms with Gasteiger partial charge in [0.25, 0.3) is 10.9 Å². The number of aryl methyl sites for hydroxylation is 1. The molecule has 7 nitrogen and oxygen atoms in total. The van der Waals surface area contributed by atoms with E-state index >= 15 is 0 Å². The lowest BCUT2D eigenvalue weighted by Gasteiger charge is -2.07. The zero-order chi connectivity index (χ0) is 17.1. The average Bonchev–Trinajstić information content (AvgIpc) is 2.97. The second-order valence-corrected chi connectivity index (χ2v) is 5.97. The van der Waals surface area contributed by atoms with Crippen molar-refractivity contribution in [2.24, 2.45) is 0 Å². The molecule has 8 heteroatoms. The van der Waals surface area contributed by atoms with E-state index in [9.17, 15) is 14.9 Å². The van der Waals surface area contributed by atoms with E-state index < -0.39 is 4.92 Å². The van der Waals surface area contributed by atoms with Crippen LogP contribution in [0.4, 0.5) is 11.4 Å². The first-order valence-electron chi connectivity index (χ1n) is 7.06. The molecule has 3 rings (SSSR count). The number of aromatic nitrogens is 1. The number of nitrogens with one attached hydrogen (secondary N) is 1. The molecule has 0 bridgehead atoms. The van der Waals surface area contributed by atoms with Gasteiger partial charge in [0.1, 0.15) is 5.52 Å². The van der Waals surface area contributed by atoms with Gasteiger partial charge in [-0.05, 0) is 30.7 Å². The Balaban J connectivity index is 1.62. The third-order valence-electron chi connectivity index (χ3n) is 3.30. The number of anilines is 1. The van der Waals surface area contributed by atoms with Gasteiger partial charge in [0.05, 0.1) is 10.7 Å². The quantitative estimate of drug-likeness (QED) is 0.430. The van der Waals surface area contributed by atoms with Gasteiger partial charge in [-0.25, -0.2) is 4.98 Å². The number of carbonyl (C=O) groups excluding carboxylic acids is 1. The first-order valence-corrected chi connectivity index (χ1v) is 8.05. The summed E-state index contributed by atoms with van der Waals surface area (Å²) in [7, 11) is 0. The molecular formula is C16H13N3O4S. The number of thioether (sulfide) groups is 1. The van der Waals surface area contributed by atoms with Crippen molar-refractivity contribution in [3.63, 3.8) is 0 Å². The highest BCUT2D eigenvalue weighted by molar-refractivity contribution is 7.99. The van der Waals surface area contributed by atoms with E-state index in [4.69, 9.17) is 4.42 Å². The number of rotatable bonds is 5. The smallest absolute Gasteiger partial charge is 0.269 e. The van der Waals surface area contributed by atoms with Gasteiger partial charge in [0.2, 0.25) is 5.91 Å². The number of non-ortho nitro benzene ring substituents is 1. The summed E-state index contributed by atoms with van der Waals surface area (Å²) in [5.41, 5.74) is 2.58. The molecule has 0 fully saturated rings. The first kappa shape index (κ1) is 16.0. The number of nitro groups is 1. The predicted octanol–water partition coefficient (Wildman–Crippen LogP) is 3.78. The van der Waals surface area contributed by atoms with Crippen LogP contribution < -0.4 is 5.32 Å². The second-order valence-electron chi connectivity index (χ2n) is 5.04. The number of hydrogen-bond donors (Lipinski definition) is 1. The third-order valence-corrected chi connectivity index (χ3v) is 4.12. The number of carbonyl (C=O) groups is 1. The highest BCUT2D eigenvalue weighted by Crippen LogP contribution is 2.24. The Hall–Kier alpha value is -2.87. The SMILES string of the molecule is Cc1cc([N+](=O)[O-])ccc1NC(=O)CSc1nc2ccccc2o1. The Kier molecular flexibility index (Phi) is 4.48. The number of para-hydroxylation sites is 2. The molecule has 1 N–H and O–H groups in total. The average molecular weight is 343 g/mol. The van der Waals surface area contributed by atoms with Crippen LogP contribution in [0.5, 0.6) is 0 Å². The van der Waals surface area contributed by atoms with Crippen molar-refractivity contribution in [1.29, 1.82) is 0 Å². The van der Waals surface area contributed by atoms with E-state index in [0.717, 1.165) is 5.52 Å². The van der Waals surface area contributed by atoms with Crippen molar-refractivity contribution in [1.82, 2.24) is 4.98 Å². The summed E-state index contributed by atoms with van der Waals surface area (Å²) >= 11 is 1.19. The summed E-state index contributed by atoms with van der Waals surface area (Å²) < 4.78 is 5.53. The molecule has 24 heavy (non-hydrogen) atoms. The van der Waals surface area contributed by atoms with Gasteiger partial charge in [-0.15, -0.1) is 0 Å². The monoisotopic (exact) mass is 343 g/mol. The summed E-state index contributed by atoms with van der Waals surface area (Å²) in [4.78, 5) is 26.6. The Labute approximate surface area is 141 Å². The molecule has 122 valence electrons. The van der Waals surface area contributed by atoms with Crippen LogP contribution in [0.25, 0.3) is 11.1 Å². The van der Waals surface area contributed by atoms with Gasteiger partial charge in [-0.2, -0.15) is 0 Å². The van der Waals surface area contributed by atoms with Crippen LogP contribution in [-0.2, 0) is 4.79 Å². The van der Waals surface area contributed by atoms with Gasteiger partial charge in [-0.1, -0.05) is 23.9 Å². The fourth-order valence-electron chi connectivity index (χ4n) is 2.13. The molecular weight excluding hydrogens is 330 g/mol. The van der Waals surface area contributed by atoms with Gasteiger partial charge < -0.3 is 9.73 Å². The molecule has 0 saturated carbocycles. The number of fused-ring (bicyclic) bond motifs is 1. The molecule has 0 atom stereocenters. The van der Waals surface area contributed by atoms with Crippen LogP contribution in [0.15, 0.2) is 52.1 Å². The normalized spacial score (nSPS) is 10.7. The van der Waals surface area contributed by atoms with Crippen LogP contribution in [0.2, 0.25) is 0 Å². The lowest BCUT2D eigenvalue weighted by Crippen LogP contribution is -2.14. The predicted molar refractivity (Wildman–Crippen MR) is 91.2 cm³/mol. The number of oxazole rings is 1. The van der Waals surface area contributed by atoms with E-state index in [1.54, 1.807) is 6.92 Å². The van der Waals surface area contributed by atoms with Crippen LogP contribution in [0.1, 0.15) is 5.56 Å². The maximum Gasteiger partial charge on any atom is 0.269 e. The minimum Gasteiger partial charge on any atom is -0.431 e. The van der Waals surface area contributed by atoms with E-state index in [2.05, 4.69) is 10.3 Å². The zero-order valence-corrected chi connectivity index (χ0v) is 13.5. The molecule has 2 aromatic carbocycles. The molecule has 1 heterocycles. The fourth-order valence-corrected chi connectivity index (χ4v) is 2.77. The van der Waals surface area contributed by atoms with E-state index in [-0.39, 0.29) is 17.3 Å². The first-order chi connectivity index (χ1) is 11.5. The minimum absolute atomic E-state index is 0.00801. The molecule has 0 saturated heterocycles. The summed E-state index contributed by atoms with van der Waals surface area (Å²) in [6.07, 6.45) is 0. The number of nitrogens with zero attached hydrogens (tertiary/aromatic N) is 2. The van der Waals surface area contributed by atoms with E-state index in [1.807, 2.05) is 24.3 Å². The Morgan fingerprint density at radius 3 is 2.83 bits per heavy atom. The summed E-state index contributed by atoms with van der Waals surface area (Å²) in [5.74, 6) is -0.109. The van der Waals surface area contributed by atoms with Crippen LogP contribution in [-0.4, -0.2) is 21.6 Å². The van der Waals surface area contributed by atoms with Crippen molar-refractivity contribution in [2.45, 2.75) is 12.1 Å². The molecule has 1 amide bonds. The Morgan fingerprint density at radius 2 is 2.12 bits per heavy atom. The number of amides is 1. The number of benzene rings is 2. The largest absolute Gasteiger partial charge is 0.431 e. The van der Waals surface area contributed by atoms with Crippen LogP contribution >= 0.6 is 11.8 Å². The number of hydrogen-bond acceptors (Lipinski definition) is 6. The third kappa shape index (κ3) is 3.54. The minimum atomic E-state index is -0.471. The maximum atomic E-state index is 12.0. The highest BCUT2D eigenvalue weighted by Gasteiger charge is 2.12. The van der Waals surface area contributed by atoms with Crippen LogP contribution in [0, 0.1) is 17.0 Å². The second kappa shape index (κ2) is 6.71. The van der Waals surface area contributed by atoms with Gasteiger partial charge in [-0.3, -0.25) is 14.9 Å². The van der Waals surface area contributed by atoms with Crippen molar-refractivity contribution >= 4 is 40.1 Å². The molecule has 0 spiro atoms. The fraction of sp³-hybridized carbons (Fsp3) is 0.125. The molecule has 0 aliphatic carbocycles. The number of nitro benzene ring substituents is 1. The highest BCUT2D eigenvalue weighted by atomic mass is 32.2. The Morgan fingerprint density at radius 1 is 1.33 bits per heavy atom. The Bertz CT molecular complexity index is 890. The maximum absolute atomic E-state index is 12.0. The molecule has 0 aliphatic rings. The van der Waals surface area contributed by atoms with Gasteiger partial charge in [0, 0.05) is 17.8 Å². The van der Waals surface area contributed by atoms with Crippen molar-refractivity contribution in [3.05, 3.63) is 58.1 Å². The molecule has 3 aromatic rings. The lowest BCUT2D eigenvalue weighted by molar-refractivity contribution is -0.384. The zero-order valence-electron chi connectivity index (χ0n) is 12.7. The molecule has 0 unspecified atom stereocenters. The molecule has 0 aliphatic heterocycles. The summed E-state index contributed by atoms with van der Waals surface area (Å²) in [6, 6.07) is 11.7. The van der Waals surface area contributed by atoms with Crippen molar-refractivity contribution in [2.75, 3.05) is 11.1 Å². The van der Waals surface area contributed by atoms with Gasteiger partial charge in [0.15, 0.2) is 5.58 Å². The lowest BCUT2D eigenvalue weighted by atomic mass is 10.2. The summed E-state index contributed by atoms with van der Waals surface area (Å²) in [6.45, 7) is 1.70. The molecule has 1 aromatic heterocycles. The molecule has 0 radical (unpaired) electrons. The topological polar surface area (TPSA) is 98.3 Å². The van der Waals surface area contributed by atoms with Gasteiger partial charge >= 0.3 is 0 Å². The standard InChI is InChI=1S/C16H13N3O4S/c1-10-8-11(19(21)22)6-7-12(10)17-15(20)9-24-16-18-13-4-2-3-5-14(13)23-16/h2-8H,9H2,1H3,(H,17,20). The summed E-state index contributed by atoms with van der Waals surface area (Å²) in [5, 5.41) is 13.9. The van der Waals surface area contributed by atoms with E-state index in [1.165, 1.54) is 30.0 Å². The van der Waals surface area contributed by atoms with Crippen molar-refractivity contribution in [3.8, 4) is 0 Å². The van der Waals surface area contributed by atoms with Crippen LogP contribution in [0.3, 0.4) is 0 Å². The van der Waals surface area contributed by atoms with Crippen molar-refractivity contribution < 1.29 is 14.1 Å². The van der Waals surface area contributed by atoms with E-state index in [0.29, 0.717) is 22.1 Å².